The van der Waals surface area contributed by atoms with E-state index in [0.717, 1.165) is 4.90 Å². The second-order valence-electron chi connectivity index (χ2n) is 4.55. The monoisotopic (exact) mass is 329 g/mol. The van der Waals surface area contributed by atoms with Gasteiger partial charge in [0, 0.05) is 29.2 Å². The molecule has 0 fully saturated rings. The highest BCUT2D eigenvalue weighted by molar-refractivity contribution is 7.99. The molecule has 0 bridgehead atoms. The first-order chi connectivity index (χ1) is 11.1. The van der Waals surface area contributed by atoms with Crippen molar-refractivity contribution in [2.75, 3.05) is 5.75 Å². The number of hydrazone groups is 1. The van der Waals surface area contributed by atoms with Crippen LogP contribution in [-0.2, 0) is 4.79 Å². The van der Waals surface area contributed by atoms with Crippen molar-refractivity contribution in [2.45, 2.75) is 11.3 Å². The second-order valence-corrected chi connectivity index (χ2v) is 5.72. The molecule has 0 aliphatic carbocycles. The summed E-state index contributed by atoms with van der Waals surface area (Å²) in [5, 5.41) is 14.4. The zero-order valence-electron chi connectivity index (χ0n) is 12.2. The largest absolute Gasteiger partial charge is 0.273 e. The summed E-state index contributed by atoms with van der Waals surface area (Å²) in [5.74, 6) is 0.495. The molecule has 7 heteroatoms. The summed E-state index contributed by atoms with van der Waals surface area (Å²) in [6.07, 6.45) is 1.81. The van der Waals surface area contributed by atoms with Gasteiger partial charge in [-0.3, -0.25) is 14.9 Å². The minimum atomic E-state index is -0.465. The molecule has 0 saturated carbocycles. The molecule has 0 radical (unpaired) electrons. The Morgan fingerprint density at radius 3 is 2.52 bits per heavy atom. The number of nitro benzene ring substituents is 1. The highest BCUT2D eigenvalue weighted by atomic mass is 32.2. The fourth-order valence-electron chi connectivity index (χ4n) is 1.70. The number of hydrogen-bond donors (Lipinski definition) is 1. The van der Waals surface area contributed by atoms with E-state index in [2.05, 4.69) is 10.5 Å². The van der Waals surface area contributed by atoms with Gasteiger partial charge in [-0.15, -0.1) is 11.8 Å². The Kier molecular flexibility index (Phi) is 6.31. The molecule has 1 N–H and O–H groups in total. The molecule has 2 aromatic rings. The molecule has 0 aromatic heterocycles. The number of nitro groups is 1. The van der Waals surface area contributed by atoms with Gasteiger partial charge >= 0.3 is 0 Å². The zero-order valence-corrected chi connectivity index (χ0v) is 13.0. The molecule has 0 spiro atoms. The number of non-ortho nitro benzene ring substituents is 1. The van der Waals surface area contributed by atoms with Gasteiger partial charge in [0.2, 0.25) is 5.91 Å². The third-order valence-corrected chi connectivity index (χ3v) is 3.86. The van der Waals surface area contributed by atoms with Gasteiger partial charge in [-0.05, 0) is 29.8 Å². The second kappa shape index (κ2) is 8.70. The maximum absolute atomic E-state index is 11.6. The molecular formula is C16H15N3O3S. The average molecular weight is 329 g/mol. The first-order valence-electron chi connectivity index (χ1n) is 6.89. The summed E-state index contributed by atoms with van der Waals surface area (Å²) >= 11 is 1.61. The van der Waals surface area contributed by atoms with Crippen molar-refractivity contribution in [3.8, 4) is 0 Å². The number of nitrogens with one attached hydrogen (secondary N) is 1. The predicted molar refractivity (Wildman–Crippen MR) is 90.6 cm³/mol. The van der Waals surface area contributed by atoms with E-state index in [9.17, 15) is 14.9 Å². The Labute approximate surface area is 137 Å². The Morgan fingerprint density at radius 1 is 1.17 bits per heavy atom. The zero-order chi connectivity index (χ0) is 16.5. The minimum Gasteiger partial charge on any atom is -0.273 e. The molecule has 1 amide bonds. The highest BCUT2D eigenvalue weighted by Crippen LogP contribution is 2.17. The number of nitrogens with zero attached hydrogens (tertiary/aromatic N) is 2. The normalized spacial score (nSPS) is 10.6. The van der Waals surface area contributed by atoms with Gasteiger partial charge in [0.1, 0.15) is 0 Å². The lowest BCUT2D eigenvalue weighted by atomic mass is 10.2. The fourth-order valence-corrected chi connectivity index (χ4v) is 2.57. The van der Waals surface area contributed by atoms with Crippen LogP contribution < -0.4 is 5.43 Å². The van der Waals surface area contributed by atoms with Gasteiger partial charge in [0.05, 0.1) is 11.1 Å². The van der Waals surface area contributed by atoms with Gasteiger partial charge in [-0.1, -0.05) is 18.2 Å². The molecule has 0 aliphatic rings. The van der Waals surface area contributed by atoms with Gasteiger partial charge in [0.25, 0.3) is 5.69 Å². The number of hydrogen-bond acceptors (Lipinski definition) is 5. The molecule has 0 atom stereocenters. The van der Waals surface area contributed by atoms with Crippen LogP contribution in [0.25, 0.3) is 0 Å². The quantitative estimate of drug-likeness (QED) is 0.366. The van der Waals surface area contributed by atoms with E-state index < -0.39 is 4.92 Å². The van der Waals surface area contributed by atoms with Crippen LogP contribution in [0, 0.1) is 10.1 Å². The van der Waals surface area contributed by atoms with E-state index in [1.54, 1.807) is 23.9 Å². The molecule has 0 unspecified atom stereocenters. The van der Waals surface area contributed by atoms with E-state index in [1.165, 1.54) is 18.3 Å². The Morgan fingerprint density at radius 2 is 1.87 bits per heavy atom. The maximum atomic E-state index is 11.6. The first kappa shape index (κ1) is 16.7. The molecule has 2 rings (SSSR count). The van der Waals surface area contributed by atoms with Gasteiger partial charge in [-0.2, -0.15) is 5.10 Å². The van der Waals surface area contributed by atoms with Gasteiger partial charge in [-0.25, -0.2) is 5.43 Å². The van der Waals surface area contributed by atoms with Gasteiger partial charge in [0.15, 0.2) is 0 Å². The number of carbonyl (C=O) groups is 1. The third kappa shape index (κ3) is 5.91. The van der Waals surface area contributed by atoms with E-state index in [1.807, 2.05) is 30.3 Å². The van der Waals surface area contributed by atoms with Crippen molar-refractivity contribution in [3.63, 3.8) is 0 Å². The Hall–Kier alpha value is -2.67. The standard InChI is InChI=1S/C16H15N3O3S/c20-16(10-11-23-15-4-2-1-3-5-15)18-17-12-13-6-8-14(9-7-13)19(21)22/h1-9,12H,10-11H2,(H,18,20). The van der Waals surface area contributed by atoms with Crippen LogP contribution in [0.5, 0.6) is 0 Å². The number of carbonyl (C=O) groups excluding carboxylic acids is 1. The lowest BCUT2D eigenvalue weighted by molar-refractivity contribution is -0.384. The van der Waals surface area contributed by atoms with Crippen molar-refractivity contribution < 1.29 is 9.72 Å². The van der Waals surface area contributed by atoms with E-state index >= 15 is 0 Å². The summed E-state index contributed by atoms with van der Waals surface area (Å²) in [6, 6.07) is 15.8. The number of amides is 1. The SMILES string of the molecule is O=C(CCSc1ccccc1)NN=Cc1ccc([N+](=O)[O-])cc1. The Bertz CT molecular complexity index is 687. The lowest BCUT2D eigenvalue weighted by Gasteiger charge is -2.01. The van der Waals surface area contributed by atoms with Crippen molar-refractivity contribution in [1.29, 1.82) is 0 Å². The van der Waals surface area contributed by atoms with E-state index in [-0.39, 0.29) is 11.6 Å². The topological polar surface area (TPSA) is 84.6 Å². The van der Waals surface area contributed by atoms with Crippen LogP contribution in [0.2, 0.25) is 0 Å². The smallest absolute Gasteiger partial charge is 0.269 e. The lowest BCUT2D eigenvalue weighted by Crippen LogP contribution is -2.17. The molecule has 0 heterocycles. The summed E-state index contributed by atoms with van der Waals surface area (Å²) in [6.45, 7) is 0. The average Bonchev–Trinajstić information content (AvgIpc) is 2.56. The van der Waals surface area contributed by atoms with Crippen molar-refractivity contribution in [1.82, 2.24) is 5.43 Å². The summed E-state index contributed by atoms with van der Waals surface area (Å²) in [5.41, 5.74) is 3.13. The fraction of sp³-hybridized carbons (Fsp3) is 0.125. The first-order valence-corrected chi connectivity index (χ1v) is 7.88. The predicted octanol–water partition coefficient (Wildman–Crippen LogP) is 3.23. The summed E-state index contributed by atoms with van der Waals surface area (Å²) in [4.78, 5) is 22.8. The molecule has 2 aromatic carbocycles. The van der Waals surface area contributed by atoms with E-state index in [4.69, 9.17) is 0 Å². The van der Waals surface area contributed by atoms with Crippen molar-refractivity contribution in [2.24, 2.45) is 5.10 Å². The number of rotatable bonds is 7. The molecule has 0 saturated heterocycles. The van der Waals surface area contributed by atoms with Gasteiger partial charge < -0.3 is 0 Å². The highest BCUT2D eigenvalue weighted by Gasteiger charge is 2.03. The molecule has 23 heavy (non-hydrogen) atoms. The number of benzene rings is 2. The third-order valence-electron chi connectivity index (χ3n) is 2.85. The molecular weight excluding hydrogens is 314 g/mol. The Balaban J connectivity index is 1.72. The van der Waals surface area contributed by atoms with Crippen LogP contribution in [0.4, 0.5) is 5.69 Å². The van der Waals surface area contributed by atoms with Crippen LogP contribution >= 0.6 is 11.8 Å². The number of thioether (sulfide) groups is 1. The van der Waals surface area contributed by atoms with Crippen molar-refractivity contribution >= 4 is 29.6 Å². The van der Waals surface area contributed by atoms with Crippen LogP contribution in [0.15, 0.2) is 64.6 Å². The minimum absolute atomic E-state index is 0.0177. The molecule has 6 nitrogen and oxygen atoms in total. The summed E-state index contributed by atoms with van der Waals surface area (Å²) < 4.78 is 0. The molecule has 0 aliphatic heterocycles. The molecule has 118 valence electrons. The van der Waals surface area contributed by atoms with Crippen molar-refractivity contribution in [3.05, 3.63) is 70.3 Å². The van der Waals surface area contributed by atoms with Crippen LogP contribution in [0.3, 0.4) is 0 Å². The van der Waals surface area contributed by atoms with Crippen LogP contribution in [0.1, 0.15) is 12.0 Å². The van der Waals surface area contributed by atoms with E-state index in [0.29, 0.717) is 17.7 Å². The summed E-state index contributed by atoms with van der Waals surface area (Å²) in [7, 11) is 0. The maximum Gasteiger partial charge on any atom is 0.269 e. The van der Waals surface area contributed by atoms with Crippen LogP contribution in [-0.4, -0.2) is 22.8 Å².